The third-order valence-corrected chi connectivity index (χ3v) is 7.48. The Bertz CT molecular complexity index is 675. The van der Waals surface area contributed by atoms with Gasteiger partial charge in [-0.1, -0.05) is 0 Å². The zero-order chi connectivity index (χ0) is 20.0. The Kier molecular flexibility index (Phi) is 6.50. The summed E-state index contributed by atoms with van der Waals surface area (Å²) in [6.07, 6.45) is 0. The summed E-state index contributed by atoms with van der Waals surface area (Å²) in [4.78, 5) is 0. The zero-order valence-corrected chi connectivity index (χ0v) is 21.1. The molecule has 0 saturated carbocycles. The first-order chi connectivity index (χ1) is 10.8. The van der Waals surface area contributed by atoms with Gasteiger partial charge in [-0.2, -0.15) is 0 Å². The first-order valence-corrected chi connectivity index (χ1v) is 12.7. The van der Waals surface area contributed by atoms with Crippen molar-refractivity contribution in [2.45, 2.75) is 105 Å². The van der Waals surface area contributed by atoms with Crippen molar-refractivity contribution in [1.82, 2.24) is 0 Å². The second-order valence-electron chi connectivity index (χ2n) is 11.2. The topological polar surface area (TPSA) is 12.4 Å². The molecule has 0 fully saturated rings. The standard InChI is InChI=1S/C22H38NPSe/c1-19(2,3)15-13-16(20(4,5)6)18(17(14-15)21(7,8)9)24(25)23-22(10,11)12/h13-14H,1-12H3. The predicted molar refractivity (Wildman–Crippen MR) is 117 cm³/mol. The van der Waals surface area contributed by atoms with Crippen molar-refractivity contribution >= 4 is 26.4 Å². The van der Waals surface area contributed by atoms with E-state index in [1.165, 1.54) is 22.0 Å². The van der Waals surface area contributed by atoms with Gasteiger partial charge in [0.1, 0.15) is 0 Å². The van der Waals surface area contributed by atoms with Gasteiger partial charge < -0.3 is 0 Å². The van der Waals surface area contributed by atoms with E-state index in [1.54, 1.807) is 0 Å². The molecule has 0 heterocycles. The second-order valence-corrected chi connectivity index (χ2v) is 14.6. The fraction of sp³-hybridized carbons (Fsp3) is 0.727. The normalized spacial score (nSPS) is 14.8. The molecule has 3 heteroatoms. The van der Waals surface area contributed by atoms with Gasteiger partial charge in [-0.05, 0) is 0 Å². The van der Waals surface area contributed by atoms with Gasteiger partial charge in [0.2, 0.25) is 0 Å². The van der Waals surface area contributed by atoms with Gasteiger partial charge in [0.05, 0.1) is 0 Å². The molecular weight excluding hydrogens is 388 g/mol. The van der Waals surface area contributed by atoms with Crippen LogP contribution in [0, 0.1) is 0 Å². The minimum absolute atomic E-state index is 0.0377. The average molecular weight is 426 g/mol. The van der Waals surface area contributed by atoms with E-state index in [1.807, 2.05) is 0 Å². The monoisotopic (exact) mass is 427 g/mol. The molecule has 1 aromatic rings. The maximum absolute atomic E-state index is 5.13. The number of hydrogen-bond donors (Lipinski definition) is 0. The third-order valence-electron chi connectivity index (χ3n) is 4.17. The Hall–Kier alpha value is -0.161. The van der Waals surface area contributed by atoms with Gasteiger partial charge in [-0.25, -0.2) is 0 Å². The number of nitrogens with zero attached hydrogens (tertiary/aromatic N) is 1. The molecule has 0 bridgehead atoms. The molecule has 1 atom stereocenters. The van der Waals surface area contributed by atoms with Crippen molar-refractivity contribution in [2.24, 2.45) is 4.74 Å². The molecule has 1 nitrogen and oxygen atoms in total. The summed E-state index contributed by atoms with van der Waals surface area (Å²) in [5.74, 6) is -0.682. The van der Waals surface area contributed by atoms with Crippen LogP contribution in [0.5, 0.6) is 0 Å². The molecule has 142 valence electrons. The van der Waals surface area contributed by atoms with Gasteiger partial charge in [-0.3, -0.25) is 0 Å². The molecule has 0 aliphatic heterocycles. The van der Waals surface area contributed by atoms with Gasteiger partial charge in [0.15, 0.2) is 0 Å². The minimum atomic E-state index is -0.682. The van der Waals surface area contributed by atoms with Crippen LogP contribution >= 0.6 is 5.96 Å². The third kappa shape index (κ3) is 6.20. The molecule has 0 radical (unpaired) electrons. The SMILES string of the molecule is CC(C)(C)N=P(=[Se])c1c(C(C)(C)C)cc(C(C)(C)C)cc1C(C)(C)C. The van der Waals surface area contributed by atoms with Crippen LogP contribution in [0.15, 0.2) is 16.9 Å². The summed E-state index contributed by atoms with van der Waals surface area (Å²) in [5.41, 5.74) is 4.60. The Morgan fingerprint density at radius 3 is 1.28 bits per heavy atom. The molecule has 0 aliphatic rings. The van der Waals surface area contributed by atoms with Crippen molar-refractivity contribution in [3.63, 3.8) is 0 Å². The van der Waals surface area contributed by atoms with E-state index in [4.69, 9.17) is 4.74 Å². The number of benzene rings is 1. The van der Waals surface area contributed by atoms with Crippen molar-refractivity contribution in [3.05, 3.63) is 28.8 Å². The Balaban J connectivity index is 4.03. The van der Waals surface area contributed by atoms with E-state index < -0.39 is 5.96 Å². The summed E-state index contributed by atoms with van der Waals surface area (Å²) in [5, 5.41) is 1.44. The molecule has 25 heavy (non-hydrogen) atoms. The van der Waals surface area contributed by atoms with Crippen LogP contribution in [0.25, 0.3) is 0 Å². The zero-order valence-electron chi connectivity index (χ0n) is 18.5. The van der Waals surface area contributed by atoms with Crippen molar-refractivity contribution in [3.8, 4) is 0 Å². The summed E-state index contributed by atoms with van der Waals surface area (Å²) in [7, 11) is 0. The maximum atomic E-state index is 5.13. The molecule has 0 spiro atoms. The van der Waals surface area contributed by atoms with E-state index in [0.717, 1.165) is 0 Å². The van der Waals surface area contributed by atoms with Gasteiger partial charge in [0.25, 0.3) is 0 Å². The number of rotatable bonds is 1. The van der Waals surface area contributed by atoms with Crippen molar-refractivity contribution in [1.29, 1.82) is 0 Å². The molecular formula is C22H38NPSe. The van der Waals surface area contributed by atoms with E-state index in [2.05, 4.69) is 110 Å². The van der Waals surface area contributed by atoms with Gasteiger partial charge in [0, 0.05) is 0 Å². The Morgan fingerprint density at radius 1 is 0.680 bits per heavy atom. The Labute approximate surface area is 164 Å². The van der Waals surface area contributed by atoms with Crippen molar-refractivity contribution in [2.75, 3.05) is 0 Å². The summed E-state index contributed by atoms with van der Waals surface area (Å²) < 4.78 is 5.13. The van der Waals surface area contributed by atoms with Crippen LogP contribution in [0.3, 0.4) is 0 Å². The van der Waals surface area contributed by atoms with Crippen LogP contribution in [0.1, 0.15) is 99.8 Å². The predicted octanol–water partition coefficient (Wildman–Crippen LogP) is 6.75. The van der Waals surface area contributed by atoms with E-state index in [0.29, 0.717) is 0 Å². The Morgan fingerprint density at radius 2 is 1.04 bits per heavy atom. The van der Waals surface area contributed by atoms with Crippen molar-refractivity contribution < 1.29 is 0 Å². The van der Waals surface area contributed by atoms with E-state index in [-0.39, 0.29) is 21.8 Å². The summed E-state index contributed by atoms with van der Waals surface area (Å²) in [6, 6.07) is 4.88. The van der Waals surface area contributed by atoms with Gasteiger partial charge in [-0.15, -0.1) is 0 Å². The van der Waals surface area contributed by atoms with Crippen LogP contribution in [0.4, 0.5) is 0 Å². The molecule has 1 rings (SSSR count). The molecule has 0 amide bonds. The molecule has 0 aliphatic carbocycles. The van der Waals surface area contributed by atoms with Crippen LogP contribution in [-0.4, -0.2) is 20.6 Å². The van der Waals surface area contributed by atoms with E-state index >= 15 is 0 Å². The first-order valence-electron chi connectivity index (χ1n) is 9.23. The molecule has 0 N–H and O–H groups in total. The number of hydrogen-bond acceptors (Lipinski definition) is 1. The fourth-order valence-electron chi connectivity index (χ4n) is 2.74. The molecule has 1 unspecified atom stereocenters. The van der Waals surface area contributed by atoms with E-state index in [9.17, 15) is 0 Å². The summed E-state index contributed by atoms with van der Waals surface area (Å²) >= 11 is 3.43. The molecule has 0 aromatic heterocycles. The first kappa shape index (κ1) is 22.9. The second kappa shape index (κ2) is 7.10. The van der Waals surface area contributed by atoms with Crippen LogP contribution in [0.2, 0.25) is 0 Å². The van der Waals surface area contributed by atoms with Crippen LogP contribution < -0.4 is 5.30 Å². The summed E-state index contributed by atoms with van der Waals surface area (Å²) in [6.45, 7) is 27.4. The average Bonchev–Trinajstić information content (AvgIpc) is 2.31. The van der Waals surface area contributed by atoms with Crippen LogP contribution in [-0.2, 0) is 16.2 Å². The van der Waals surface area contributed by atoms with Gasteiger partial charge >= 0.3 is 165 Å². The molecule has 1 aromatic carbocycles. The quantitative estimate of drug-likeness (QED) is 0.348. The fourth-order valence-corrected chi connectivity index (χ4v) is 7.38. The molecule has 0 saturated heterocycles.